The molecule has 5 rings (SSSR count). The first-order chi connectivity index (χ1) is 16.8. The topological polar surface area (TPSA) is 26.0 Å². The van der Waals surface area contributed by atoms with Crippen LogP contribution >= 0.6 is 34.0 Å². The van der Waals surface area contributed by atoms with Crippen LogP contribution in [0.5, 0.6) is 0 Å². The Hall–Kier alpha value is -2.66. The van der Waals surface area contributed by atoms with Crippen LogP contribution in [0, 0.1) is 0 Å². The first-order valence-corrected chi connectivity index (χ1v) is 14.4. The van der Waals surface area contributed by atoms with Crippen molar-refractivity contribution in [2.75, 3.05) is 5.73 Å². The molecule has 0 radical (unpaired) electrons. The molecule has 34 heavy (non-hydrogen) atoms. The Balaban J connectivity index is 1.26. The van der Waals surface area contributed by atoms with Gasteiger partial charge in [0.2, 0.25) is 0 Å². The second-order valence-corrected chi connectivity index (χ2v) is 11.7. The van der Waals surface area contributed by atoms with E-state index in [1.807, 2.05) is 22.7 Å². The summed E-state index contributed by atoms with van der Waals surface area (Å²) in [5.74, 6) is 0. The average molecular weight is 500 g/mol. The van der Waals surface area contributed by atoms with Gasteiger partial charge in [0.05, 0.1) is 5.00 Å². The predicted octanol–water partition coefficient (Wildman–Crippen LogP) is 9.14. The molecule has 3 heterocycles. The molecule has 2 aromatic carbocycles. The van der Waals surface area contributed by atoms with Crippen molar-refractivity contribution in [3.8, 4) is 19.5 Å². The number of nitrogens with two attached hydrogens (primary N) is 1. The van der Waals surface area contributed by atoms with Crippen molar-refractivity contribution in [1.82, 2.24) is 0 Å². The minimum absolute atomic E-state index is 0.914. The van der Waals surface area contributed by atoms with Crippen LogP contribution in [0.15, 0.2) is 90.3 Å². The van der Waals surface area contributed by atoms with E-state index in [4.69, 9.17) is 5.73 Å². The quantitative estimate of drug-likeness (QED) is 0.204. The molecule has 4 heteroatoms. The second kappa shape index (κ2) is 11.2. The van der Waals surface area contributed by atoms with Gasteiger partial charge in [-0.2, -0.15) is 0 Å². The van der Waals surface area contributed by atoms with E-state index in [0.717, 1.165) is 37.1 Å². The van der Waals surface area contributed by atoms with Gasteiger partial charge in [0, 0.05) is 19.5 Å². The molecule has 0 spiro atoms. The second-order valence-electron chi connectivity index (χ2n) is 8.62. The Morgan fingerprint density at radius 2 is 1.15 bits per heavy atom. The third-order valence-electron chi connectivity index (χ3n) is 6.14. The fourth-order valence-electron chi connectivity index (χ4n) is 4.43. The summed E-state index contributed by atoms with van der Waals surface area (Å²) in [6, 6.07) is 30.6. The fourth-order valence-corrected chi connectivity index (χ4v) is 7.68. The highest BCUT2D eigenvalue weighted by atomic mass is 32.1. The van der Waals surface area contributed by atoms with Crippen molar-refractivity contribution in [1.29, 1.82) is 0 Å². The lowest BCUT2D eigenvalue weighted by Crippen LogP contribution is -1.90. The lowest BCUT2D eigenvalue weighted by atomic mass is 10.0. The van der Waals surface area contributed by atoms with Crippen LogP contribution in [-0.4, -0.2) is 0 Å². The third-order valence-corrected chi connectivity index (χ3v) is 9.55. The SMILES string of the molecule is Nc1cc(CCCc2ccccc2)c(-c2ccc(-c3sccc3CCCc3ccccc3)s2)s1. The van der Waals surface area contributed by atoms with Crippen LogP contribution in [-0.2, 0) is 25.7 Å². The number of benzene rings is 2. The molecule has 0 atom stereocenters. The van der Waals surface area contributed by atoms with Crippen LogP contribution in [0.1, 0.15) is 35.1 Å². The van der Waals surface area contributed by atoms with Gasteiger partial charge in [-0.05, 0) is 90.4 Å². The first-order valence-electron chi connectivity index (χ1n) is 11.9. The molecule has 0 aliphatic rings. The van der Waals surface area contributed by atoms with Gasteiger partial charge in [0.15, 0.2) is 0 Å². The zero-order valence-electron chi connectivity index (χ0n) is 19.2. The molecular weight excluding hydrogens is 471 g/mol. The van der Waals surface area contributed by atoms with E-state index in [9.17, 15) is 0 Å². The number of thiophene rings is 3. The Labute approximate surface area is 214 Å². The minimum atomic E-state index is 0.914. The summed E-state index contributed by atoms with van der Waals surface area (Å²) in [5.41, 5.74) is 11.9. The molecule has 0 fully saturated rings. The Morgan fingerprint density at radius 3 is 1.79 bits per heavy atom. The summed E-state index contributed by atoms with van der Waals surface area (Å²) in [6.07, 6.45) is 6.74. The summed E-state index contributed by atoms with van der Waals surface area (Å²) < 4.78 is 0. The minimum Gasteiger partial charge on any atom is -0.391 e. The van der Waals surface area contributed by atoms with Crippen LogP contribution < -0.4 is 5.73 Å². The summed E-state index contributed by atoms with van der Waals surface area (Å²) in [4.78, 5) is 5.50. The zero-order chi connectivity index (χ0) is 23.2. The van der Waals surface area contributed by atoms with Crippen molar-refractivity contribution >= 4 is 39.0 Å². The van der Waals surface area contributed by atoms with Crippen molar-refractivity contribution in [2.45, 2.75) is 38.5 Å². The molecular formula is C30H29NS3. The van der Waals surface area contributed by atoms with Gasteiger partial charge in [-0.25, -0.2) is 0 Å². The number of nitrogen functional groups attached to an aromatic ring is 1. The molecule has 0 amide bonds. The molecule has 0 aliphatic carbocycles. The van der Waals surface area contributed by atoms with E-state index in [1.165, 1.54) is 48.2 Å². The van der Waals surface area contributed by atoms with Gasteiger partial charge in [-0.3, -0.25) is 0 Å². The summed E-state index contributed by atoms with van der Waals surface area (Å²) in [7, 11) is 0. The molecule has 172 valence electrons. The number of hydrogen-bond acceptors (Lipinski definition) is 4. The monoisotopic (exact) mass is 499 g/mol. The van der Waals surface area contributed by atoms with Gasteiger partial charge >= 0.3 is 0 Å². The van der Waals surface area contributed by atoms with E-state index in [2.05, 4.69) is 90.3 Å². The number of anilines is 1. The molecule has 2 N–H and O–H groups in total. The lowest BCUT2D eigenvalue weighted by Gasteiger charge is -2.04. The highest BCUT2D eigenvalue weighted by Gasteiger charge is 2.15. The molecule has 0 saturated heterocycles. The first kappa shape index (κ1) is 23.1. The van der Waals surface area contributed by atoms with Crippen LogP contribution in [0.2, 0.25) is 0 Å². The summed E-state index contributed by atoms with van der Waals surface area (Å²) in [5, 5.41) is 3.16. The van der Waals surface area contributed by atoms with Crippen LogP contribution in [0.3, 0.4) is 0 Å². The smallest absolute Gasteiger partial charge is 0.0865 e. The van der Waals surface area contributed by atoms with Crippen LogP contribution in [0.25, 0.3) is 19.5 Å². The maximum Gasteiger partial charge on any atom is 0.0865 e. The van der Waals surface area contributed by atoms with Gasteiger partial charge in [-0.1, -0.05) is 60.7 Å². The number of aryl methyl sites for hydroxylation is 4. The maximum absolute atomic E-state index is 6.25. The van der Waals surface area contributed by atoms with E-state index in [0.29, 0.717) is 0 Å². The third kappa shape index (κ3) is 5.69. The van der Waals surface area contributed by atoms with Gasteiger partial charge in [0.25, 0.3) is 0 Å². The van der Waals surface area contributed by atoms with E-state index >= 15 is 0 Å². The summed E-state index contributed by atoms with van der Waals surface area (Å²) >= 11 is 5.51. The largest absolute Gasteiger partial charge is 0.391 e. The van der Waals surface area contributed by atoms with Crippen LogP contribution in [0.4, 0.5) is 5.00 Å². The van der Waals surface area contributed by atoms with Gasteiger partial charge in [-0.15, -0.1) is 34.0 Å². The molecule has 0 aliphatic heterocycles. The van der Waals surface area contributed by atoms with E-state index < -0.39 is 0 Å². The number of rotatable bonds is 10. The molecule has 5 aromatic rings. The lowest BCUT2D eigenvalue weighted by molar-refractivity contribution is 0.824. The summed E-state index contributed by atoms with van der Waals surface area (Å²) in [6.45, 7) is 0. The highest BCUT2D eigenvalue weighted by Crippen LogP contribution is 2.43. The average Bonchev–Trinajstić information content (AvgIpc) is 3.60. The molecule has 0 unspecified atom stereocenters. The molecule has 1 nitrogen and oxygen atoms in total. The van der Waals surface area contributed by atoms with Crippen molar-refractivity contribution in [2.24, 2.45) is 0 Å². The Morgan fingerprint density at radius 1 is 0.559 bits per heavy atom. The standard InChI is InChI=1S/C30H29NS3/c31-28-21-25(16-8-14-23-11-5-2-6-12-23)30(34-28)27-18-17-26(33-27)29-24(19-20-32-29)15-7-13-22-9-3-1-4-10-22/h1-6,9-12,17-21H,7-8,13-16,31H2. The highest BCUT2D eigenvalue weighted by molar-refractivity contribution is 7.27. The molecule has 0 bridgehead atoms. The zero-order valence-corrected chi connectivity index (χ0v) is 21.7. The van der Waals surface area contributed by atoms with Crippen molar-refractivity contribution < 1.29 is 0 Å². The molecule has 3 aromatic heterocycles. The van der Waals surface area contributed by atoms with Crippen molar-refractivity contribution in [3.63, 3.8) is 0 Å². The maximum atomic E-state index is 6.25. The van der Waals surface area contributed by atoms with E-state index in [1.54, 1.807) is 11.3 Å². The Bertz CT molecular complexity index is 1310. The fraction of sp³-hybridized carbons (Fsp3) is 0.200. The van der Waals surface area contributed by atoms with Crippen molar-refractivity contribution in [3.05, 3.63) is 113 Å². The van der Waals surface area contributed by atoms with Gasteiger partial charge in [0.1, 0.15) is 0 Å². The van der Waals surface area contributed by atoms with Gasteiger partial charge < -0.3 is 5.73 Å². The predicted molar refractivity (Wildman–Crippen MR) is 152 cm³/mol. The van der Waals surface area contributed by atoms with E-state index in [-0.39, 0.29) is 0 Å². The Kier molecular flexibility index (Phi) is 7.59. The molecule has 0 saturated carbocycles. The normalized spacial score (nSPS) is 11.2. The number of hydrogen-bond donors (Lipinski definition) is 1.